The number of hydrogen-bond donors (Lipinski definition) is 1. The molecule has 0 spiro atoms. The number of ether oxygens (including phenoxy) is 1. The Morgan fingerprint density at radius 1 is 1.04 bits per heavy atom. The summed E-state index contributed by atoms with van der Waals surface area (Å²) in [6, 6.07) is 10.2. The molecule has 0 amide bonds. The predicted molar refractivity (Wildman–Crippen MR) is 98.4 cm³/mol. The number of piperidine rings is 3. The lowest BCUT2D eigenvalue weighted by molar-refractivity contribution is -0.143. The maximum Gasteiger partial charge on any atom is 0.116 e. The van der Waals surface area contributed by atoms with Gasteiger partial charge in [0.1, 0.15) is 5.60 Å². The smallest absolute Gasteiger partial charge is 0.116 e. The quantitative estimate of drug-likeness (QED) is 0.879. The first-order chi connectivity index (χ1) is 11.3. The molecule has 0 radical (unpaired) electrons. The van der Waals surface area contributed by atoms with Gasteiger partial charge in [-0.2, -0.15) is 0 Å². The molecule has 1 N–H and O–H groups in total. The highest BCUT2D eigenvalue weighted by atomic mass is 35.5. The van der Waals surface area contributed by atoms with Crippen molar-refractivity contribution in [2.75, 3.05) is 26.2 Å². The summed E-state index contributed by atoms with van der Waals surface area (Å²) in [5.74, 6) is 1.04. The van der Waals surface area contributed by atoms with Crippen LogP contribution in [0.1, 0.15) is 44.1 Å². The Morgan fingerprint density at radius 2 is 1.71 bits per heavy atom. The Bertz CT molecular complexity index is 512. The summed E-state index contributed by atoms with van der Waals surface area (Å²) in [6.07, 6.45) is 7.55. The highest BCUT2D eigenvalue weighted by Gasteiger charge is 2.42. The van der Waals surface area contributed by atoms with Crippen LogP contribution < -0.4 is 0 Å². The maximum absolute atomic E-state index is 11.5. The van der Waals surface area contributed by atoms with E-state index in [0.717, 1.165) is 24.9 Å². The number of nitrogens with zero attached hydrogens (tertiary/aromatic N) is 1. The van der Waals surface area contributed by atoms with Crippen LogP contribution in [0.4, 0.5) is 0 Å². The van der Waals surface area contributed by atoms with E-state index in [1.165, 1.54) is 38.8 Å². The van der Waals surface area contributed by atoms with E-state index in [0.29, 0.717) is 24.5 Å². The summed E-state index contributed by atoms with van der Waals surface area (Å²) < 4.78 is 6.36. The Kier molecular flexibility index (Phi) is 5.86. The normalized spacial score (nSPS) is 32.3. The summed E-state index contributed by atoms with van der Waals surface area (Å²) in [5, 5.41) is 11.5. The van der Waals surface area contributed by atoms with Gasteiger partial charge < -0.3 is 14.7 Å². The molecule has 4 aliphatic rings. The Labute approximate surface area is 151 Å². The highest BCUT2D eigenvalue weighted by Crippen LogP contribution is 2.41. The van der Waals surface area contributed by atoms with Gasteiger partial charge in [-0.15, -0.1) is 12.4 Å². The first-order valence-corrected chi connectivity index (χ1v) is 9.37. The van der Waals surface area contributed by atoms with Crippen LogP contribution in [-0.2, 0) is 10.3 Å². The van der Waals surface area contributed by atoms with Gasteiger partial charge in [-0.3, -0.25) is 0 Å². The molecule has 0 unspecified atom stereocenters. The molecule has 1 saturated carbocycles. The molecule has 3 nitrogen and oxygen atoms in total. The van der Waals surface area contributed by atoms with Crippen molar-refractivity contribution in [2.45, 2.75) is 50.2 Å². The highest BCUT2D eigenvalue weighted by molar-refractivity contribution is 5.85. The minimum Gasteiger partial charge on any atom is -0.382 e. The van der Waals surface area contributed by atoms with Crippen LogP contribution >= 0.6 is 12.4 Å². The monoisotopic (exact) mass is 351 g/mol. The molecule has 134 valence electrons. The van der Waals surface area contributed by atoms with Crippen molar-refractivity contribution in [1.29, 1.82) is 0 Å². The van der Waals surface area contributed by atoms with Crippen molar-refractivity contribution in [2.24, 2.45) is 11.8 Å². The van der Waals surface area contributed by atoms with Crippen molar-refractivity contribution in [3.63, 3.8) is 0 Å². The van der Waals surface area contributed by atoms with Gasteiger partial charge in [-0.25, -0.2) is 0 Å². The Balaban J connectivity index is 0.00000169. The molecular formula is C20H30ClNO2. The molecule has 1 aliphatic carbocycles. The van der Waals surface area contributed by atoms with E-state index in [9.17, 15) is 5.11 Å². The van der Waals surface area contributed by atoms with E-state index in [1.54, 1.807) is 0 Å². The van der Waals surface area contributed by atoms with Crippen LogP contribution in [0.25, 0.3) is 0 Å². The molecule has 3 aliphatic heterocycles. The van der Waals surface area contributed by atoms with Crippen LogP contribution in [0.2, 0.25) is 0 Å². The summed E-state index contributed by atoms with van der Waals surface area (Å²) in [7, 11) is 0. The topological polar surface area (TPSA) is 32.7 Å². The minimum absolute atomic E-state index is 0. The fraction of sp³-hybridized carbons (Fsp3) is 0.700. The first-order valence-electron chi connectivity index (χ1n) is 9.37. The van der Waals surface area contributed by atoms with Gasteiger partial charge in [-0.1, -0.05) is 43.2 Å². The average molecular weight is 352 g/mol. The third-order valence-electron chi connectivity index (χ3n) is 6.42. The van der Waals surface area contributed by atoms with E-state index in [2.05, 4.69) is 17.0 Å². The molecule has 24 heavy (non-hydrogen) atoms. The second kappa shape index (κ2) is 7.74. The zero-order valence-electron chi connectivity index (χ0n) is 14.4. The lowest BCUT2D eigenvalue weighted by Crippen LogP contribution is -2.53. The summed E-state index contributed by atoms with van der Waals surface area (Å²) in [6.45, 7) is 3.98. The third kappa shape index (κ3) is 3.50. The molecule has 2 bridgehead atoms. The summed E-state index contributed by atoms with van der Waals surface area (Å²) >= 11 is 0. The van der Waals surface area contributed by atoms with Crippen LogP contribution in [0.5, 0.6) is 0 Å². The molecule has 4 heteroatoms. The summed E-state index contributed by atoms with van der Waals surface area (Å²) in [5.41, 5.74) is 0.220. The number of hydrogen-bond acceptors (Lipinski definition) is 3. The van der Waals surface area contributed by atoms with E-state index in [-0.39, 0.29) is 12.4 Å². The largest absolute Gasteiger partial charge is 0.382 e. The predicted octanol–water partition coefficient (Wildman–Crippen LogP) is 3.60. The molecule has 1 aromatic carbocycles. The minimum atomic E-state index is -0.816. The second-order valence-electron chi connectivity index (χ2n) is 7.76. The number of benzene rings is 1. The van der Waals surface area contributed by atoms with Gasteiger partial charge in [0.15, 0.2) is 0 Å². The van der Waals surface area contributed by atoms with E-state index < -0.39 is 5.60 Å². The van der Waals surface area contributed by atoms with E-state index in [4.69, 9.17) is 4.74 Å². The van der Waals surface area contributed by atoms with Crippen molar-refractivity contribution in [3.05, 3.63) is 35.9 Å². The number of rotatable bonds is 5. The van der Waals surface area contributed by atoms with Gasteiger partial charge in [0.2, 0.25) is 0 Å². The second-order valence-corrected chi connectivity index (χ2v) is 7.76. The fourth-order valence-corrected chi connectivity index (χ4v) is 4.90. The molecule has 4 fully saturated rings. The number of aliphatic hydroxyl groups is 1. The zero-order chi connectivity index (χ0) is 15.7. The van der Waals surface area contributed by atoms with Crippen molar-refractivity contribution < 1.29 is 9.84 Å². The molecule has 3 heterocycles. The van der Waals surface area contributed by atoms with Gasteiger partial charge in [-0.05, 0) is 56.2 Å². The number of halogens is 1. The maximum atomic E-state index is 11.5. The van der Waals surface area contributed by atoms with Crippen LogP contribution in [-0.4, -0.2) is 42.4 Å². The third-order valence-corrected chi connectivity index (χ3v) is 6.42. The van der Waals surface area contributed by atoms with Gasteiger partial charge in [0.05, 0.1) is 12.7 Å². The van der Waals surface area contributed by atoms with Crippen molar-refractivity contribution >= 4 is 12.4 Å². The van der Waals surface area contributed by atoms with Crippen LogP contribution in [0.15, 0.2) is 30.3 Å². The SMILES string of the molecule is Cl.O[C@](CO[C@@H]1CN2CCC1CC2)(c1ccccc1)C1CCCC1. The molecular weight excluding hydrogens is 322 g/mol. The summed E-state index contributed by atoms with van der Waals surface area (Å²) in [4.78, 5) is 2.52. The standard InChI is InChI=1S/C20H29NO2.ClH/c22-20(18-8-4-5-9-18,17-6-2-1-3-7-17)15-23-19-14-21-12-10-16(19)11-13-21;/h1-3,6-7,16,18-19,22H,4-5,8-15H2;1H/t19-,20-;/m1./s1. The zero-order valence-corrected chi connectivity index (χ0v) is 15.2. The van der Waals surface area contributed by atoms with Crippen LogP contribution in [0.3, 0.4) is 0 Å². The molecule has 0 aromatic heterocycles. The molecule has 5 rings (SSSR count). The molecule has 2 atom stereocenters. The van der Waals surface area contributed by atoms with Crippen molar-refractivity contribution in [1.82, 2.24) is 4.90 Å². The lowest BCUT2D eigenvalue weighted by Gasteiger charge is -2.46. The molecule has 1 aromatic rings. The first kappa shape index (κ1) is 18.2. The van der Waals surface area contributed by atoms with E-state index in [1.807, 2.05) is 18.2 Å². The average Bonchev–Trinajstić information content (AvgIpc) is 3.17. The number of fused-ring (bicyclic) bond motifs is 3. The molecule has 3 saturated heterocycles. The fourth-order valence-electron chi connectivity index (χ4n) is 4.90. The van der Waals surface area contributed by atoms with Gasteiger partial charge in [0.25, 0.3) is 0 Å². The van der Waals surface area contributed by atoms with E-state index >= 15 is 0 Å². The van der Waals surface area contributed by atoms with Gasteiger partial charge >= 0.3 is 0 Å². The lowest BCUT2D eigenvalue weighted by atomic mass is 9.80. The van der Waals surface area contributed by atoms with Crippen LogP contribution in [0, 0.1) is 11.8 Å². The Hall–Kier alpha value is -0.610. The van der Waals surface area contributed by atoms with Crippen molar-refractivity contribution in [3.8, 4) is 0 Å². The van der Waals surface area contributed by atoms with Gasteiger partial charge in [0, 0.05) is 6.54 Å². The Morgan fingerprint density at radius 3 is 2.29 bits per heavy atom.